The molecule has 2 rings (SSSR count). The minimum atomic E-state index is -0.299. The predicted octanol–water partition coefficient (Wildman–Crippen LogP) is 0.796. The molecule has 4 heteroatoms. The smallest absolute Gasteiger partial charge is 0.234 e. The number of aliphatic hydroxyl groups excluding tert-OH is 1. The van der Waals surface area contributed by atoms with Crippen LogP contribution >= 0.6 is 0 Å². The van der Waals surface area contributed by atoms with Gasteiger partial charge < -0.3 is 15.7 Å². The molecule has 0 aromatic rings. The number of amides is 1. The monoisotopic (exact) mass is 240 g/mol. The molecular weight excluding hydrogens is 216 g/mol. The molecule has 1 amide bonds. The van der Waals surface area contributed by atoms with Gasteiger partial charge in [-0.1, -0.05) is 25.7 Å². The zero-order chi connectivity index (χ0) is 12.1. The van der Waals surface area contributed by atoms with Crippen LogP contribution in [0, 0.1) is 5.92 Å². The zero-order valence-electron chi connectivity index (χ0n) is 10.5. The molecule has 0 aromatic heterocycles. The molecule has 0 bridgehead atoms. The molecule has 4 nitrogen and oxygen atoms in total. The highest BCUT2D eigenvalue weighted by Crippen LogP contribution is 2.28. The molecule has 1 unspecified atom stereocenters. The Balaban J connectivity index is 1.49. The first-order chi connectivity index (χ1) is 8.24. The van der Waals surface area contributed by atoms with Crippen LogP contribution in [0.2, 0.25) is 0 Å². The Morgan fingerprint density at radius 1 is 1.24 bits per heavy atom. The number of rotatable bonds is 7. The largest absolute Gasteiger partial charge is 0.392 e. The van der Waals surface area contributed by atoms with E-state index in [0.717, 1.165) is 19.3 Å². The second-order valence-electron chi connectivity index (χ2n) is 5.51. The maximum Gasteiger partial charge on any atom is 0.234 e. The highest BCUT2D eigenvalue weighted by molar-refractivity contribution is 5.78. The third-order valence-corrected chi connectivity index (χ3v) is 3.69. The summed E-state index contributed by atoms with van der Waals surface area (Å²) in [6.45, 7) is 0.868. The predicted molar refractivity (Wildman–Crippen MR) is 66.6 cm³/mol. The van der Waals surface area contributed by atoms with Crippen LogP contribution in [0.25, 0.3) is 0 Å². The van der Waals surface area contributed by atoms with Gasteiger partial charge in [0, 0.05) is 12.6 Å². The number of hydrogen-bond donors (Lipinski definition) is 3. The van der Waals surface area contributed by atoms with Crippen molar-refractivity contribution in [1.29, 1.82) is 0 Å². The maximum absolute atomic E-state index is 11.4. The van der Waals surface area contributed by atoms with Gasteiger partial charge in [-0.3, -0.25) is 4.79 Å². The van der Waals surface area contributed by atoms with E-state index in [0.29, 0.717) is 25.0 Å². The molecule has 17 heavy (non-hydrogen) atoms. The van der Waals surface area contributed by atoms with Crippen LogP contribution in [0.4, 0.5) is 0 Å². The average molecular weight is 240 g/mol. The fraction of sp³-hybridized carbons (Fsp3) is 0.923. The van der Waals surface area contributed by atoms with Gasteiger partial charge in [-0.25, -0.2) is 0 Å². The molecule has 2 saturated carbocycles. The van der Waals surface area contributed by atoms with Crippen molar-refractivity contribution in [3.8, 4) is 0 Å². The Hall–Kier alpha value is -0.610. The van der Waals surface area contributed by atoms with E-state index in [2.05, 4.69) is 10.6 Å². The van der Waals surface area contributed by atoms with Gasteiger partial charge in [0.25, 0.3) is 0 Å². The normalized spacial score (nSPS) is 22.6. The second kappa shape index (κ2) is 6.36. The minimum absolute atomic E-state index is 0.0561. The minimum Gasteiger partial charge on any atom is -0.392 e. The van der Waals surface area contributed by atoms with Crippen LogP contribution in [0.1, 0.15) is 44.9 Å². The summed E-state index contributed by atoms with van der Waals surface area (Å²) in [5.74, 6) is 0.757. The SMILES string of the molecule is O=C(CNCC(O)CC1CCCC1)NC1CC1. The standard InChI is InChI=1S/C13H24N2O2/c16-12(7-10-3-1-2-4-10)8-14-9-13(17)15-11-5-6-11/h10-12,14,16H,1-9H2,(H,15,17). The summed E-state index contributed by atoms with van der Waals surface area (Å²) in [5.41, 5.74) is 0. The highest BCUT2D eigenvalue weighted by Gasteiger charge is 2.23. The van der Waals surface area contributed by atoms with E-state index >= 15 is 0 Å². The van der Waals surface area contributed by atoms with E-state index in [1.54, 1.807) is 0 Å². The fourth-order valence-electron chi connectivity index (χ4n) is 2.57. The molecular formula is C13H24N2O2. The van der Waals surface area contributed by atoms with Crippen molar-refractivity contribution in [2.24, 2.45) is 5.92 Å². The number of carbonyl (C=O) groups is 1. The van der Waals surface area contributed by atoms with Gasteiger partial charge in [0.1, 0.15) is 0 Å². The highest BCUT2D eigenvalue weighted by atomic mass is 16.3. The van der Waals surface area contributed by atoms with Crippen molar-refractivity contribution in [2.75, 3.05) is 13.1 Å². The molecule has 0 aliphatic heterocycles. The van der Waals surface area contributed by atoms with E-state index in [-0.39, 0.29) is 12.0 Å². The van der Waals surface area contributed by atoms with Gasteiger partial charge in [-0.15, -0.1) is 0 Å². The molecule has 0 heterocycles. The lowest BCUT2D eigenvalue weighted by atomic mass is 10.0. The van der Waals surface area contributed by atoms with Gasteiger partial charge in [-0.05, 0) is 25.2 Å². The van der Waals surface area contributed by atoms with Gasteiger partial charge in [-0.2, -0.15) is 0 Å². The van der Waals surface area contributed by atoms with Gasteiger partial charge in [0.15, 0.2) is 0 Å². The molecule has 2 aliphatic rings. The van der Waals surface area contributed by atoms with Crippen LogP contribution in [-0.4, -0.2) is 36.2 Å². The van der Waals surface area contributed by atoms with Crippen molar-refractivity contribution in [3.63, 3.8) is 0 Å². The summed E-state index contributed by atoms with van der Waals surface area (Å²) in [7, 11) is 0. The van der Waals surface area contributed by atoms with Crippen molar-refractivity contribution in [3.05, 3.63) is 0 Å². The number of aliphatic hydroxyl groups is 1. The molecule has 2 fully saturated rings. The van der Waals surface area contributed by atoms with Crippen molar-refractivity contribution in [1.82, 2.24) is 10.6 Å². The molecule has 98 valence electrons. The van der Waals surface area contributed by atoms with Gasteiger partial charge in [0.05, 0.1) is 12.6 Å². The molecule has 0 spiro atoms. The topological polar surface area (TPSA) is 61.4 Å². The van der Waals surface area contributed by atoms with Gasteiger partial charge in [0.2, 0.25) is 5.91 Å². The number of carbonyl (C=O) groups excluding carboxylic acids is 1. The third kappa shape index (κ3) is 5.04. The Labute approximate surface area is 103 Å². The Morgan fingerprint density at radius 2 is 1.94 bits per heavy atom. The summed E-state index contributed by atoms with van der Waals surface area (Å²) in [5, 5.41) is 15.8. The van der Waals surface area contributed by atoms with E-state index in [1.807, 2.05) is 0 Å². The van der Waals surface area contributed by atoms with Crippen LogP contribution in [0.15, 0.2) is 0 Å². The Morgan fingerprint density at radius 3 is 2.59 bits per heavy atom. The Bertz CT molecular complexity index is 248. The van der Waals surface area contributed by atoms with E-state index in [9.17, 15) is 9.90 Å². The third-order valence-electron chi connectivity index (χ3n) is 3.69. The molecule has 3 N–H and O–H groups in total. The van der Waals surface area contributed by atoms with Crippen molar-refractivity contribution in [2.45, 2.75) is 57.1 Å². The number of hydrogen-bond acceptors (Lipinski definition) is 3. The zero-order valence-corrected chi connectivity index (χ0v) is 10.5. The molecule has 0 aromatic carbocycles. The van der Waals surface area contributed by atoms with E-state index in [4.69, 9.17) is 0 Å². The first kappa shape index (κ1) is 12.8. The number of nitrogens with one attached hydrogen (secondary N) is 2. The van der Waals surface area contributed by atoms with E-state index in [1.165, 1.54) is 25.7 Å². The summed E-state index contributed by atoms with van der Waals surface area (Å²) in [4.78, 5) is 11.4. The first-order valence-corrected chi connectivity index (χ1v) is 6.92. The maximum atomic E-state index is 11.4. The van der Waals surface area contributed by atoms with E-state index < -0.39 is 0 Å². The molecule has 1 atom stereocenters. The Kier molecular flexibility index (Phi) is 4.80. The van der Waals surface area contributed by atoms with Crippen LogP contribution in [-0.2, 0) is 4.79 Å². The summed E-state index contributed by atoms with van der Waals surface area (Å²) in [6, 6.07) is 0.424. The lowest BCUT2D eigenvalue weighted by Crippen LogP contribution is -2.38. The van der Waals surface area contributed by atoms with Crippen LogP contribution < -0.4 is 10.6 Å². The molecule has 0 radical (unpaired) electrons. The fourth-order valence-corrected chi connectivity index (χ4v) is 2.57. The van der Waals surface area contributed by atoms with Crippen molar-refractivity contribution < 1.29 is 9.90 Å². The second-order valence-corrected chi connectivity index (χ2v) is 5.51. The van der Waals surface area contributed by atoms with Crippen molar-refractivity contribution >= 4 is 5.91 Å². The van der Waals surface area contributed by atoms with Gasteiger partial charge >= 0.3 is 0 Å². The van der Waals surface area contributed by atoms with Crippen LogP contribution in [0.5, 0.6) is 0 Å². The summed E-state index contributed by atoms with van der Waals surface area (Å²) >= 11 is 0. The lowest BCUT2D eigenvalue weighted by Gasteiger charge is -2.15. The van der Waals surface area contributed by atoms with Crippen LogP contribution in [0.3, 0.4) is 0 Å². The quantitative estimate of drug-likeness (QED) is 0.617. The lowest BCUT2D eigenvalue weighted by molar-refractivity contribution is -0.120. The molecule has 0 saturated heterocycles. The molecule has 2 aliphatic carbocycles. The summed E-state index contributed by atoms with van der Waals surface area (Å²) in [6.07, 6.45) is 7.98. The average Bonchev–Trinajstić information content (AvgIpc) is 2.93. The first-order valence-electron chi connectivity index (χ1n) is 6.92. The summed E-state index contributed by atoms with van der Waals surface area (Å²) < 4.78 is 0.